The summed E-state index contributed by atoms with van der Waals surface area (Å²) in [6.45, 7) is 0. The zero-order valence-electron chi connectivity index (χ0n) is 11.7. The molecule has 1 unspecified atom stereocenters. The normalized spacial score (nSPS) is 21.4. The van der Waals surface area contributed by atoms with Crippen LogP contribution in [0.4, 0.5) is 16.2 Å². The van der Waals surface area contributed by atoms with Gasteiger partial charge in [-0.1, -0.05) is 24.3 Å². The molecule has 2 aliphatic rings. The molecule has 3 N–H and O–H groups in total. The van der Waals surface area contributed by atoms with Gasteiger partial charge in [-0.05, 0) is 47.7 Å². The minimum Gasteiger partial charge on any atom is -0.465 e. The maximum absolute atomic E-state index is 12.6. The number of para-hydroxylation sites is 1. The Balaban J connectivity index is 1.75. The van der Waals surface area contributed by atoms with Crippen molar-refractivity contribution < 1.29 is 14.7 Å². The molecule has 0 saturated heterocycles. The summed E-state index contributed by atoms with van der Waals surface area (Å²) in [6.07, 6.45) is 0.162. The summed E-state index contributed by atoms with van der Waals surface area (Å²) >= 11 is 0. The monoisotopic (exact) mass is 294 g/mol. The van der Waals surface area contributed by atoms with Crippen LogP contribution >= 0.6 is 0 Å². The number of anilines is 2. The molecule has 0 fully saturated rings. The van der Waals surface area contributed by atoms with Gasteiger partial charge in [0.1, 0.15) is 0 Å². The highest BCUT2D eigenvalue weighted by molar-refractivity contribution is 6.07. The fourth-order valence-corrected chi connectivity index (χ4v) is 3.60. The molecule has 1 heterocycles. The van der Waals surface area contributed by atoms with Crippen LogP contribution in [0.1, 0.15) is 16.7 Å². The average molecular weight is 294 g/mol. The molecule has 1 aliphatic carbocycles. The first kappa shape index (κ1) is 12.9. The Morgan fingerprint density at radius 2 is 1.91 bits per heavy atom. The SMILES string of the molecule is O=C(O)Nc1ccc2c(c1)CC1(C2)C(=O)Nc2ccccc21. The molecule has 1 aliphatic heterocycles. The predicted molar refractivity (Wildman–Crippen MR) is 82.2 cm³/mol. The van der Waals surface area contributed by atoms with Crippen molar-refractivity contribution in [2.45, 2.75) is 18.3 Å². The van der Waals surface area contributed by atoms with Gasteiger partial charge in [0.25, 0.3) is 0 Å². The van der Waals surface area contributed by atoms with Crippen molar-refractivity contribution in [2.75, 3.05) is 10.6 Å². The van der Waals surface area contributed by atoms with Crippen LogP contribution in [0.15, 0.2) is 42.5 Å². The minimum absolute atomic E-state index is 0.0256. The van der Waals surface area contributed by atoms with E-state index in [1.807, 2.05) is 36.4 Å². The Kier molecular flexibility index (Phi) is 2.54. The van der Waals surface area contributed by atoms with E-state index in [9.17, 15) is 9.59 Å². The summed E-state index contributed by atoms with van der Waals surface area (Å²) in [5, 5.41) is 14.1. The summed E-state index contributed by atoms with van der Waals surface area (Å²) < 4.78 is 0. The Bertz CT molecular complexity index is 815. The number of amides is 2. The number of carbonyl (C=O) groups is 2. The van der Waals surface area contributed by atoms with Crippen LogP contribution in [0.25, 0.3) is 0 Å². The van der Waals surface area contributed by atoms with Crippen molar-refractivity contribution >= 4 is 23.4 Å². The highest BCUT2D eigenvalue weighted by Gasteiger charge is 2.50. The fraction of sp³-hybridized carbons (Fsp3) is 0.176. The molecular weight excluding hydrogens is 280 g/mol. The molecule has 0 aromatic heterocycles. The quantitative estimate of drug-likeness (QED) is 0.756. The second kappa shape index (κ2) is 4.34. The van der Waals surface area contributed by atoms with E-state index in [1.54, 1.807) is 6.07 Å². The van der Waals surface area contributed by atoms with E-state index in [2.05, 4.69) is 10.6 Å². The first-order valence-electron chi connectivity index (χ1n) is 7.11. The molecular formula is C17H14N2O3. The fourth-order valence-electron chi connectivity index (χ4n) is 3.60. The van der Waals surface area contributed by atoms with E-state index < -0.39 is 11.5 Å². The Morgan fingerprint density at radius 3 is 2.73 bits per heavy atom. The topological polar surface area (TPSA) is 78.4 Å². The number of benzene rings is 2. The van der Waals surface area contributed by atoms with Crippen LogP contribution < -0.4 is 10.6 Å². The Labute approximate surface area is 127 Å². The van der Waals surface area contributed by atoms with Gasteiger partial charge in [-0.15, -0.1) is 0 Å². The van der Waals surface area contributed by atoms with Gasteiger partial charge in [0.15, 0.2) is 0 Å². The molecule has 0 saturated carbocycles. The smallest absolute Gasteiger partial charge is 0.409 e. The number of rotatable bonds is 1. The molecule has 5 nitrogen and oxygen atoms in total. The third-order valence-electron chi connectivity index (χ3n) is 4.57. The third kappa shape index (κ3) is 1.72. The number of hydrogen-bond donors (Lipinski definition) is 3. The summed E-state index contributed by atoms with van der Waals surface area (Å²) in [4.78, 5) is 23.3. The molecule has 2 aromatic rings. The van der Waals surface area contributed by atoms with Gasteiger partial charge in [-0.25, -0.2) is 4.79 Å². The van der Waals surface area contributed by atoms with E-state index >= 15 is 0 Å². The maximum Gasteiger partial charge on any atom is 0.409 e. The number of hydrogen-bond acceptors (Lipinski definition) is 2. The maximum atomic E-state index is 12.6. The highest BCUT2D eigenvalue weighted by atomic mass is 16.4. The Morgan fingerprint density at radius 1 is 1.14 bits per heavy atom. The van der Waals surface area contributed by atoms with Crippen LogP contribution in [0, 0.1) is 0 Å². The van der Waals surface area contributed by atoms with Gasteiger partial charge in [-0.3, -0.25) is 10.1 Å². The standard InChI is InChI=1S/C17H14N2O3/c20-15-17(13-3-1-2-4-14(13)19-15)8-10-5-6-12(18-16(21)22)7-11(10)9-17/h1-7,18H,8-9H2,(H,19,20)(H,21,22). The largest absolute Gasteiger partial charge is 0.465 e. The van der Waals surface area contributed by atoms with Crippen LogP contribution in [0.5, 0.6) is 0 Å². The summed E-state index contributed by atoms with van der Waals surface area (Å²) in [5.41, 5.74) is 4.02. The van der Waals surface area contributed by atoms with Crippen molar-refractivity contribution in [3.8, 4) is 0 Å². The molecule has 2 amide bonds. The lowest BCUT2D eigenvalue weighted by Gasteiger charge is -2.20. The van der Waals surface area contributed by atoms with Gasteiger partial charge in [0.05, 0.1) is 5.41 Å². The van der Waals surface area contributed by atoms with Gasteiger partial charge in [-0.2, -0.15) is 0 Å². The third-order valence-corrected chi connectivity index (χ3v) is 4.57. The van der Waals surface area contributed by atoms with E-state index in [0.717, 1.165) is 22.4 Å². The summed E-state index contributed by atoms with van der Waals surface area (Å²) in [7, 11) is 0. The van der Waals surface area contributed by atoms with Crippen molar-refractivity contribution in [3.05, 3.63) is 59.2 Å². The van der Waals surface area contributed by atoms with Crippen molar-refractivity contribution in [3.63, 3.8) is 0 Å². The molecule has 4 rings (SSSR count). The number of nitrogens with one attached hydrogen (secondary N) is 2. The van der Waals surface area contributed by atoms with Crippen molar-refractivity contribution in [1.82, 2.24) is 0 Å². The zero-order chi connectivity index (χ0) is 15.3. The van der Waals surface area contributed by atoms with E-state index in [-0.39, 0.29) is 5.91 Å². The molecule has 2 aromatic carbocycles. The van der Waals surface area contributed by atoms with Crippen LogP contribution in [-0.4, -0.2) is 17.1 Å². The first-order valence-corrected chi connectivity index (χ1v) is 7.11. The Hall–Kier alpha value is -2.82. The lowest BCUT2D eigenvalue weighted by Crippen LogP contribution is -2.35. The summed E-state index contributed by atoms with van der Waals surface area (Å²) in [5.74, 6) is 0.0256. The second-order valence-electron chi connectivity index (χ2n) is 5.85. The molecule has 110 valence electrons. The molecule has 0 radical (unpaired) electrons. The van der Waals surface area contributed by atoms with E-state index in [0.29, 0.717) is 18.5 Å². The predicted octanol–water partition coefficient (Wildman–Crippen LogP) is 2.77. The molecule has 1 atom stereocenters. The average Bonchev–Trinajstić information content (AvgIpc) is 2.98. The van der Waals surface area contributed by atoms with Gasteiger partial charge in [0.2, 0.25) is 5.91 Å². The second-order valence-corrected chi connectivity index (χ2v) is 5.85. The highest BCUT2D eigenvalue weighted by Crippen LogP contribution is 2.47. The number of carbonyl (C=O) groups excluding carboxylic acids is 1. The molecule has 1 spiro atoms. The van der Waals surface area contributed by atoms with Gasteiger partial charge < -0.3 is 10.4 Å². The zero-order valence-corrected chi connectivity index (χ0v) is 11.7. The lowest BCUT2D eigenvalue weighted by molar-refractivity contribution is -0.120. The summed E-state index contributed by atoms with van der Waals surface area (Å²) in [6, 6.07) is 13.2. The van der Waals surface area contributed by atoms with Crippen LogP contribution in [0.2, 0.25) is 0 Å². The molecule has 22 heavy (non-hydrogen) atoms. The first-order chi connectivity index (χ1) is 10.6. The van der Waals surface area contributed by atoms with Crippen LogP contribution in [-0.2, 0) is 23.1 Å². The molecule has 5 heteroatoms. The lowest BCUT2D eigenvalue weighted by atomic mass is 9.79. The number of carboxylic acid groups (broad SMARTS) is 1. The van der Waals surface area contributed by atoms with Gasteiger partial charge in [0, 0.05) is 11.4 Å². The molecule has 0 bridgehead atoms. The van der Waals surface area contributed by atoms with Crippen molar-refractivity contribution in [2.24, 2.45) is 0 Å². The van der Waals surface area contributed by atoms with E-state index in [1.165, 1.54) is 0 Å². The van der Waals surface area contributed by atoms with Crippen LogP contribution in [0.3, 0.4) is 0 Å². The minimum atomic E-state index is -1.09. The van der Waals surface area contributed by atoms with Crippen molar-refractivity contribution in [1.29, 1.82) is 0 Å². The number of fused-ring (bicyclic) bond motifs is 3. The van der Waals surface area contributed by atoms with Gasteiger partial charge >= 0.3 is 6.09 Å². The van der Waals surface area contributed by atoms with E-state index in [4.69, 9.17) is 5.11 Å².